The van der Waals surface area contributed by atoms with Crippen LogP contribution in [0, 0.1) is 5.92 Å². The van der Waals surface area contributed by atoms with E-state index in [-0.39, 0.29) is 0 Å². The molecule has 1 aromatic rings. The van der Waals surface area contributed by atoms with Gasteiger partial charge in [-0.15, -0.1) is 5.10 Å². The third-order valence-electron chi connectivity index (χ3n) is 3.84. The van der Waals surface area contributed by atoms with Crippen LogP contribution in [0.5, 0.6) is 0 Å². The number of hydrogen-bond acceptors (Lipinski definition) is 3. The van der Waals surface area contributed by atoms with Crippen LogP contribution < -0.4 is 5.32 Å². The van der Waals surface area contributed by atoms with Gasteiger partial charge in [0.25, 0.3) is 0 Å². The van der Waals surface area contributed by atoms with E-state index in [4.69, 9.17) is 0 Å². The van der Waals surface area contributed by atoms with Crippen LogP contribution in [0.25, 0.3) is 0 Å². The van der Waals surface area contributed by atoms with Crippen molar-refractivity contribution in [1.29, 1.82) is 0 Å². The van der Waals surface area contributed by atoms with Gasteiger partial charge in [-0.2, -0.15) is 0 Å². The minimum atomic E-state index is 0.639. The first-order valence-electron chi connectivity index (χ1n) is 6.04. The fourth-order valence-corrected chi connectivity index (χ4v) is 3.13. The van der Waals surface area contributed by atoms with E-state index in [1.807, 2.05) is 11.7 Å². The van der Waals surface area contributed by atoms with Gasteiger partial charge in [0.1, 0.15) is 0 Å². The first kappa shape index (κ1) is 10.7. The van der Waals surface area contributed by atoms with Crippen molar-refractivity contribution in [2.45, 2.75) is 37.6 Å². The van der Waals surface area contributed by atoms with Crippen LogP contribution in [0.15, 0.2) is 4.60 Å². The Hall–Kier alpha value is -0.420. The van der Waals surface area contributed by atoms with Crippen molar-refractivity contribution in [2.24, 2.45) is 13.0 Å². The highest BCUT2D eigenvalue weighted by atomic mass is 79.9. The second-order valence-corrected chi connectivity index (χ2v) is 5.77. The van der Waals surface area contributed by atoms with Crippen LogP contribution in [-0.2, 0) is 7.05 Å². The summed E-state index contributed by atoms with van der Waals surface area (Å²) in [5.74, 6) is 1.41. The molecule has 1 N–H and O–H groups in total. The first-order chi connectivity index (χ1) is 7.75. The smallest absolute Gasteiger partial charge is 0.151 e. The van der Waals surface area contributed by atoms with Gasteiger partial charge >= 0.3 is 0 Å². The summed E-state index contributed by atoms with van der Waals surface area (Å²) in [4.78, 5) is 0. The number of aryl methyl sites for hydroxylation is 1. The maximum Gasteiger partial charge on any atom is 0.151 e. The Labute approximate surface area is 104 Å². The van der Waals surface area contributed by atoms with Gasteiger partial charge in [-0.05, 0) is 54.1 Å². The maximum atomic E-state index is 4.07. The molecular weight excluding hydrogens is 268 g/mol. The lowest BCUT2D eigenvalue weighted by atomic mass is 9.72. The van der Waals surface area contributed by atoms with E-state index >= 15 is 0 Å². The molecule has 5 heteroatoms. The third-order valence-corrected chi connectivity index (χ3v) is 4.41. The Balaban J connectivity index is 1.65. The lowest BCUT2D eigenvalue weighted by Gasteiger charge is -2.36. The van der Waals surface area contributed by atoms with Crippen molar-refractivity contribution in [2.75, 3.05) is 6.54 Å². The molecule has 0 radical (unpaired) electrons. The second kappa shape index (κ2) is 4.11. The maximum absolute atomic E-state index is 4.07. The first-order valence-corrected chi connectivity index (χ1v) is 6.83. The van der Waals surface area contributed by atoms with Crippen molar-refractivity contribution >= 4 is 15.9 Å². The molecule has 0 spiro atoms. The SMILES string of the molecule is Cn1nnc(Br)c1C1CCC1CNC1CC1. The van der Waals surface area contributed by atoms with Crippen LogP contribution >= 0.6 is 15.9 Å². The minimum Gasteiger partial charge on any atom is -0.314 e. The summed E-state index contributed by atoms with van der Waals surface area (Å²) in [6, 6.07) is 0.814. The molecule has 2 aliphatic carbocycles. The van der Waals surface area contributed by atoms with Gasteiger partial charge in [-0.3, -0.25) is 4.68 Å². The molecule has 0 saturated heterocycles. The molecule has 0 bridgehead atoms. The minimum absolute atomic E-state index is 0.639. The van der Waals surface area contributed by atoms with Crippen molar-refractivity contribution in [1.82, 2.24) is 20.3 Å². The Kier molecular flexibility index (Phi) is 2.75. The summed E-state index contributed by atoms with van der Waals surface area (Å²) in [7, 11) is 1.98. The highest BCUT2D eigenvalue weighted by Gasteiger charge is 2.36. The lowest BCUT2D eigenvalue weighted by Crippen LogP contribution is -2.35. The zero-order chi connectivity index (χ0) is 11.1. The standard InChI is InChI=1S/C11H17BrN4/c1-16-10(11(12)14-15-16)9-5-2-7(9)6-13-8-3-4-8/h7-9,13H,2-6H2,1H3. The van der Waals surface area contributed by atoms with Crippen LogP contribution in [-0.4, -0.2) is 27.6 Å². The average Bonchev–Trinajstić information content (AvgIpc) is 2.99. The molecule has 2 atom stereocenters. The summed E-state index contributed by atoms with van der Waals surface area (Å²) in [5.41, 5.74) is 1.27. The summed E-state index contributed by atoms with van der Waals surface area (Å²) >= 11 is 3.50. The molecule has 0 aliphatic heterocycles. The van der Waals surface area contributed by atoms with Gasteiger partial charge in [0, 0.05) is 19.0 Å². The Bertz CT molecular complexity index is 366. The molecular formula is C11H17BrN4. The normalized spacial score (nSPS) is 29.1. The number of aromatic nitrogens is 3. The van der Waals surface area contributed by atoms with Crippen molar-refractivity contribution < 1.29 is 0 Å². The highest BCUT2D eigenvalue weighted by molar-refractivity contribution is 9.10. The van der Waals surface area contributed by atoms with Crippen LogP contribution in [0.1, 0.15) is 37.3 Å². The lowest BCUT2D eigenvalue weighted by molar-refractivity contribution is 0.234. The van der Waals surface area contributed by atoms with E-state index in [0.717, 1.165) is 23.1 Å². The predicted molar refractivity (Wildman–Crippen MR) is 65.2 cm³/mol. The molecule has 2 fully saturated rings. The number of rotatable bonds is 4. The third kappa shape index (κ3) is 1.91. The summed E-state index contributed by atoms with van der Waals surface area (Å²) < 4.78 is 2.84. The van der Waals surface area contributed by atoms with E-state index in [0.29, 0.717) is 5.92 Å². The number of nitrogens with one attached hydrogen (secondary N) is 1. The van der Waals surface area contributed by atoms with Crippen molar-refractivity contribution in [3.05, 3.63) is 10.3 Å². The molecule has 3 rings (SSSR count). The van der Waals surface area contributed by atoms with Crippen molar-refractivity contribution in [3.8, 4) is 0 Å². The zero-order valence-electron chi connectivity index (χ0n) is 9.49. The molecule has 0 amide bonds. The van der Waals surface area contributed by atoms with E-state index < -0.39 is 0 Å². The van der Waals surface area contributed by atoms with E-state index in [1.165, 1.54) is 31.4 Å². The van der Waals surface area contributed by atoms with Gasteiger partial charge in [-0.25, -0.2) is 0 Å². The molecule has 1 heterocycles. The molecule has 16 heavy (non-hydrogen) atoms. The van der Waals surface area contributed by atoms with Gasteiger partial charge in [0.2, 0.25) is 0 Å². The predicted octanol–water partition coefficient (Wildman–Crippen LogP) is 1.82. The number of hydrogen-bond donors (Lipinski definition) is 1. The highest BCUT2D eigenvalue weighted by Crippen LogP contribution is 2.44. The fraction of sp³-hybridized carbons (Fsp3) is 0.818. The van der Waals surface area contributed by atoms with Gasteiger partial charge in [-0.1, -0.05) is 5.21 Å². The fourth-order valence-electron chi connectivity index (χ4n) is 2.51. The summed E-state index contributed by atoms with van der Waals surface area (Å²) in [5, 5.41) is 11.8. The molecule has 88 valence electrons. The molecule has 0 aromatic carbocycles. The van der Waals surface area contributed by atoms with E-state index in [9.17, 15) is 0 Å². The van der Waals surface area contributed by atoms with Crippen molar-refractivity contribution in [3.63, 3.8) is 0 Å². The van der Waals surface area contributed by atoms with Gasteiger partial charge < -0.3 is 5.32 Å². The Morgan fingerprint density at radius 1 is 1.38 bits per heavy atom. The van der Waals surface area contributed by atoms with E-state index in [2.05, 4.69) is 31.6 Å². The second-order valence-electron chi connectivity index (χ2n) is 5.02. The molecule has 2 saturated carbocycles. The summed E-state index contributed by atoms with van der Waals surface area (Å²) in [6.07, 6.45) is 5.35. The monoisotopic (exact) mass is 284 g/mol. The summed E-state index contributed by atoms with van der Waals surface area (Å²) in [6.45, 7) is 1.16. The molecule has 2 aliphatic rings. The average molecular weight is 285 g/mol. The molecule has 1 aromatic heterocycles. The van der Waals surface area contributed by atoms with Crippen LogP contribution in [0.2, 0.25) is 0 Å². The zero-order valence-corrected chi connectivity index (χ0v) is 11.1. The quantitative estimate of drug-likeness (QED) is 0.917. The molecule has 4 nitrogen and oxygen atoms in total. The number of halogens is 1. The van der Waals surface area contributed by atoms with E-state index in [1.54, 1.807) is 0 Å². The largest absolute Gasteiger partial charge is 0.314 e. The van der Waals surface area contributed by atoms with Gasteiger partial charge in [0.05, 0.1) is 5.69 Å². The van der Waals surface area contributed by atoms with Crippen LogP contribution in [0.3, 0.4) is 0 Å². The molecule has 2 unspecified atom stereocenters. The topological polar surface area (TPSA) is 42.7 Å². The number of nitrogens with zero attached hydrogens (tertiary/aromatic N) is 3. The van der Waals surface area contributed by atoms with Gasteiger partial charge in [0.15, 0.2) is 4.60 Å². The Morgan fingerprint density at radius 2 is 2.19 bits per heavy atom. The Morgan fingerprint density at radius 3 is 2.69 bits per heavy atom. The van der Waals surface area contributed by atoms with Crippen LogP contribution in [0.4, 0.5) is 0 Å².